The standard InChI is InChI=1S/C12H15NO4/c1-2-12(8-14,11(16)17)13-10(15)9-6-4-3-5-7-9/h3-7,14H,2,8H2,1H3,(H,13,15)(H,16,17)/t12-/m0/s1. The van der Waals surface area contributed by atoms with Crippen molar-refractivity contribution in [3.63, 3.8) is 0 Å². The Morgan fingerprint density at radius 2 is 1.88 bits per heavy atom. The monoisotopic (exact) mass is 237 g/mol. The van der Waals surface area contributed by atoms with E-state index in [-0.39, 0.29) is 6.42 Å². The molecule has 1 rings (SSSR count). The smallest absolute Gasteiger partial charge is 0.331 e. The van der Waals surface area contributed by atoms with E-state index in [1.165, 1.54) is 0 Å². The van der Waals surface area contributed by atoms with Crippen molar-refractivity contribution in [2.45, 2.75) is 18.9 Å². The molecule has 5 heteroatoms. The maximum atomic E-state index is 11.8. The van der Waals surface area contributed by atoms with Crippen LogP contribution in [0.1, 0.15) is 23.7 Å². The molecule has 0 radical (unpaired) electrons. The molecule has 1 aromatic carbocycles. The Kier molecular flexibility index (Phi) is 4.23. The largest absolute Gasteiger partial charge is 0.479 e. The summed E-state index contributed by atoms with van der Waals surface area (Å²) in [6.07, 6.45) is 0.109. The lowest BCUT2D eigenvalue weighted by Crippen LogP contribution is -2.56. The van der Waals surface area contributed by atoms with E-state index >= 15 is 0 Å². The molecular weight excluding hydrogens is 222 g/mol. The average Bonchev–Trinajstić information content (AvgIpc) is 2.36. The highest BCUT2D eigenvalue weighted by atomic mass is 16.4. The normalized spacial score (nSPS) is 13.8. The van der Waals surface area contributed by atoms with Crippen LogP contribution in [0.5, 0.6) is 0 Å². The van der Waals surface area contributed by atoms with Gasteiger partial charge in [-0.1, -0.05) is 25.1 Å². The van der Waals surface area contributed by atoms with Crippen molar-refractivity contribution in [1.82, 2.24) is 5.32 Å². The molecule has 0 spiro atoms. The van der Waals surface area contributed by atoms with Crippen LogP contribution < -0.4 is 5.32 Å². The van der Waals surface area contributed by atoms with Gasteiger partial charge in [0, 0.05) is 5.56 Å². The number of aliphatic carboxylic acids is 1. The van der Waals surface area contributed by atoms with Gasteiger partial charge in [-0.15, -0.1) is 0 Å². The molecule has 17 heavy (non-hydrogen) atoms. The number of aliphatic hydroxyl groups is 1. The summed E-state index contributed by atoms with van der Waals surface area (Å²) in [5, 5.41) is 20.5. The van der Waals surface area contributed by atoms with E-state index in [0.717, 1.165) is 0 Å². The first-order valence-electron chi connectivity index (χ1n) is 5.27. The Morgan fingerprint density at radius 3 is 2.29 bits per heavy atom. The number of carbonyl (C=O) groups is 2. The molecule has 0 aliphatic heterocycles. The molecule has 0 aliphatic rings. The number of amides is 1. The fourth-order valence-electron chi connectivity index (χ4n) is 1.39. The third-order valence-corrected chi connectivity index (χ3v) is 2.67. The number of carboxylic acids is 1. The zero-order chi connectivity index (χ0) is 12.9. The second-order valence-electron chi connectivity index (χ2n) is 3.72. The molecule has 1 amide bonds. The number of hydrogen-bond acceptors (Lipinski definition) is 3. The summed E-state index contributed by atoms with van der Waals surface area (Å²) in [7, 11) is 0. The summed E-state index contributed by atoms with van der Waals surface area (Å²) in [5.41, 5.74) is -1.26. The summed E-state index contributed by atoms with van der Waals surface area (Å²) in [4.78, 5) is 22.9. The van der Waals surface area contributed by atoms with Crippen LogP contribution in [-0.4, -0.2) is 34.2 Å². The molecule has 0 heterocycles. The SMILES string of the molecule is CC[C@@](CO)(NC(=O)c1ccccc1)C(=O)O. The number of carbonyl (C=O) groups excluding carboxylic acids is 1. The maximum absolute atomic E-state index is 11.8. The predicted molar refractivity (Wildman–Crippen MR) is 61.7 cm³/mol. The van der Waals surface area contributed by atoms with Gasteiger partial charge in [0.25, 0.3) is 5.91 Å². The molecule has 0 bridgehead atoms. The molecular formula is C12H15NO4. The second-order valence-corrected chi connectivity index (χ2v) is 3.72. The number of hydrogen-bond donors (Lipinski definition) is 3. The fraction of sp³-hybridized carbons (Fsp3) is 0.333. The van der Waals surface area contributed by atoms with Crippen molar-refractivity contribution in [1.29, 1.82) is 0 Å². The molecule has 0 fully saturated rings. The van der Waals surface area contributed by atoms with Crippen LogP contribution in [0.25, 0.3) is 0 Å². The molecule has 1 atom stereocenters. The van der Waals surface area contributed by atoms with Crippen LogP contribution in [0.15, 0.2) is 30.3 Å². The molecule has 0 unspecified atom stereocenters. The van der Waals surface area contributed by atoms with Gasteiger partial charge in [-0.25, -0.2) is 4.79 Å². The summed E-state index contributed by atoms with van der Waals surface area (Å²) in [6.45, 7) is 0.951. The summed E-state index contributed by atoms with van der Waals surface area (Å²) in [5.74, 6) is -1.75. The Balaban J connectivity index is 2.89. The number of rotatable bonds is 5. The van der Waals surface area contributed by atoms with Crippen molar-refractivity contribution >= 4 is 11.9 Å². The van der Waals surface area contributed by atoms with Crippen LogP contribution in [0, 0.1) is 0 Å². The average molecular weight is 237 g/mol. The zero-order valence-electron chi connectivity index (χ0n) is 9.51. The molecule has 5 nitrogen and oxygen atoms in total. The minimum atomic E-state index is -1.62. The number of nitrogens with one attached hydrogen (secondary N) is 1. The van der Waals surface area contributed by atoms with Gasteiger partial charge >= 0.3 is 5.97 Å². The Morgan fingerprint density at radius 1 is 1.29 bits per heavy atom. The van der Waals surface area contributed by atoms with Crippen molar-refractivity contribution in [2.24, 2.45) is 0 Å². The van der Waals surface area contributed by atoms with E-state index in [4.69, 9.17) is 10.2 Å². The van der Waals surface area contributed by atoms with Gasteiger partial charge in [0.2, 0.25) is 0 Å². The second kappa shape index (κ2) is 5.45. The van der Waals surface area contributed by atoms with Crippen molar-refractivity contribution < 1.29 is 19.8 Å². The highest BCUT2D eigenvalue weighted by Gasteiger charge is 2.37. The van der Waals surface area contributed by atoms with Crippen molar-refractivity contribution in [2.75, 3.05) is 6.61 Å². The van der Waals surface area contributed by atoms with Gasteiger partial charge in [-0.05, 0) is 18.6 Å². The highest BCUT2D eigenvalue weighted by Crippen LogP contribution is 2.11. The first-order valence-corrected chi connectivity index (χ1v) is 5.27. The third kappa shape index (κ3) is 2.82. The Labute approximate surface area is 99.1 Å². The Bertz CT molecular complexity index is 398. The molecule has 1 aromatic rings. The predicted octanol–water partition coefficient (Wildman–Crippen LogP) is 0.642. The van der Waals surface area contributed by atoms with Gasteiger partial charge in [-0.3, -0.25) is 4.79 Å². The molecule has 0 aromatic heterocycles. The van der Waals surface area contributed by atoms with E-state index in [0.29, 0.717) is 5.56 Å². The topological polar surface area (TPSA) is 86.6 Å². The van der Waals surface area contributed by atoms with Crippen LogP contribution in [-0.2, 0) is 4.79 Å². The van der Waals surface area contributed by atoms with Crippen molar-refractivity contribution in [3.05, 3.63) is 35.9 Å². The van der Waals surface area contributed by atoms with Crippen LogP contribution in [0.2, 0.25) is 0 Å². The highest BCUT2D eigenvalue weighted by molar-refractivity contribution is 5.97. The maximum Gasteiger partial charge on any atom is 0.331 e. The quantitative estimate of drug-likeness (QED) is 0.701. The summed E-state index contributed by atoms with van der Waals surface area (Å²) >= 11 is 0. The lowest BCUT2D eigenvalue weighted by Gasteiger charge is -2.27. The van der Waals surface area contributed by atoms with Gasteiger partial charge in [0.05, 0.1) is 6.61 Å². The van der Waals surface area contributed by atoms with Gasteiger partial charge in [-0.2, -0.15) is 0 Å². The van der Waals surface area contributed by atoms with Crippen molar-refractivity contribution in [3.8, 4) is 0 Å². The van der Waals surface area contributed by atoms with E-state index in [1.54, 1.807) is 37.3 Å². The number of carboxylic acid groups (broad SMARTS) is 1. The summed E-state index contributed by atoms with van der Waals surface area (Å²) < 4.78 is 0. The molecule has 3 N–H and O–H groups in total. The van der Waals surface area contributed by atoms with E-state index in [9.17, 15) is 9.59 Å². The lowest BCUT2D eigenvalue weighted by atomic mass is 9.97. The summed E-state index contributed by atoms with van der Waals surface area (Å²) in [6, 6.07) is 8.28. The zero-order valence-corrected chi connectivity index (χ0v) is 9.51. The van der Waals surface area contributed by atoms with E-state index in [2.05, 4.69) is 5.32 Å². The molecule has 0 aliphatic carbocycles. The fourth-order valence-corrected chi connectivity index (χ4v) is 1.39. The first-order chi connectivity index (χ1) is 8.05. The third-order valence-electron chi connectivity index (χ3n) is 2.67. The van der Waals surface area contributed by atoms with E-state index < -0.39 is 24.0 Å². The minimum absolute atomic E-state index is 0.109. The van der Waals surface area contributed by atoms with Crippen LogP contribution in [0.3, 0.4) is 0 Å². The first kappa shape index (κ1) is 13.2. The Hall–Kier alpha value is -1.88. The van der Waals surface area contributed by atoms with Gasteiger partial charge < -0.3 is 15.5 Å². The van der Waals surface area contributed by atoms with Gasteiger partial charge in [0.15, 0.2) is 5.54 Å². The lowest BCUT2D eigenvalue weighted by molar-refractivity contribution is -0.146. The van der Waals surface area contributed by atoms with E-state index in [1.807, 2.05) is 0 Å². The van der Waals surface area contributed by atoms with Crippen LogP contribution in [0.4, 0.5) is 0 Å². The number of aliphatic hydroxyl groups excluding tert-OH is 1. The molecule has 0 saturated carbocycles. The number of benzene rings is 1. The minimum Gasteiger partial charge on any atom is -0.479 e. The molecule has 92 valence electrons. The van der Waals surface area contributed by atoms with Crippen LogP contribution >= 0.6 is 0 Å². The molecule has 0 saturated heterocycles. The van der Waals surface area contributed by atoms with Gasteiger partial charge in [0.1, 0.15) is 0 Å².